The monoisotopic (exact) mass is 329 g/mol. The van der Waals surface area contributed by atoms with Gasteiger partial charge in [0.1, 0.15) is 23.9 Å². The second kappa shape index (κ2) is 6.05. The number of likely N-dealkylation sites (tertiary alicyclic amines) is 1. The molecule has 2 aliphatic heterocycles. The van der Waals surface area contributed by atoms with Crippen LogP contribution in [0, 0.1) is 0 Å². The molecule has 0 aromatic rings. The standard InChI is InChI=1S/C16H27NO6/c1-7-9-12-13(22-16(5,6)21-12)11(10(19)8-18)17(9)14(20)23-15(2,3)4/h7,9-13,18-19H,1,8H2,2-6H3/t9-,10-,11+,12-,13+/m1/s1. The number of carbonyl (C=O) groups is 1. The fraction of sp³-hybridized carbons (Fsp3) is 0.812. The third-order valence-corrected chi connectivity index (χ3v) is 3.91. The van der Waals surface area contributed by atoms with Crippen molar-refractivity contribution in [2.24, 2.45) is 0 Å². The normalized spacial score (nSPS) is 34.1. The number of fused-ring (bicyclic) bond motifs is 1. The van der Waals surface area contributed by atoms with E-state index in [2.05, 4.69) is 6.58 Å². The number of rotatable bonds is 3. The minimum atomic E-state index is -1.17. The Bertz CT molecular complexity index is 472. The number of aliphatic hydroxyl groups excluding tert-OH is 2. The topological polar surface area (TPSA) is 88.5 Å². The Labute approximate surface area is 136 Å². The quantitative estimate of drug-likeness (QED) is 0.752. The highest BCUT2D eigenvalue weighted by molar-refractivity contribution is 5.70. The molecule has 2 heterocycles. The van der Waals surface area contributed by atoms with Crippen molar-refractivity contribution in [3.63, 3.8) is 0 Å². The molecule has 5 atom stereocenters. The molecule has 0 bridgehead atoms. The van der Waals surface area contributed by atoms with Crippen molar-refractivity contribution in [1.82, 2.24) is 4.90 Å². The van der Waals surface area contributed by atoms with Crippen LogP contribution in [-0.2, 0) is 14.2 Å². The number of hydrogen-bond acceptors (Lipinski definition) is 6. The Morgan fingerprint density at radius 3 is 2.43 bits per heavy atom. The summed E-state index contributed by atoms with van der Waals surface area (Å²) in [6, 6.07) is -1.28. The van der Waals surface area contributed by atoms with Crippen molar-refractivity contribution in [3.05, 3.63) is 12.7 Å². The lowest BCUT2D eigenvalue weighted by atomic mass is 10.0. The van der Waals surface area contributed by atoms with Gasteiger partial charge in [0, 0.05) is 0 Å². The average Bonchev–Trinajstić information content (AvgIpc) is 2.85. The largest absolute Gasteiger partial charge is 0.444 e. The zero-order chi connectivity index (χ0) is 17.6. The summed E-state index contributed by atoms with van der Waals surface area (Å²) in [7, 11) is 0. The summed E-state index contributed by atoms with van der Waals surface area (Å²) in [6.07, 6.45) is -1.23. The first-order chi connectivity index (χ1) is 10.5. The number of amides is 1. The van der Waals surface area contributed by atoms with E-state index in [4.69, 9.17) is 14.2 Å². The van der Waals surface area contributed by atoms with Crippen LogP contribution in [0.5, 0.6) is 0 Å². The van der Waals surface area contributed by atoms with Crippen molar-refractivity contribution in [1.29, 1.82) is 0 Å². The highest BCUT2D eigenvalue weighted by Gasteiger charge is 2.60. The number of nitrogens with zero attached hydrogens (tertiary/aromatic N) is 1. The third-order valence-electron chi connectivity index (χ3n) is 3.91. The summed E-state index contributed by atoms with van der Waals surface area (Å²) in [5.41, 5.74) is -0.684. The summed E-state index contributed by atoms with van der Waals surface area (Å²) >= 11 is 0. The molecule has 2 N–H and O–H groups in total. The Morgan fingerprint density at radius 2 is 1.96 bits per heavy atom. The first-order valence-electron chi connectivity index (χ1n) is 7.79. The smallest absolute Gasteiger partial charge is 0.411 e. The Balaban J connectivity index is 2.35. The van der Waals surface area contributed by atoms with Crippen molar-refractivity contribution in [2.75, 3.05) is 6.61 Å². The van der Waals surface area contributed by atoms with Gasteiger partial charge in [-0.15, -0.1) is 6.58 Å². The molecular formula is C16H27NO6. The van der Waals surface area contributed by atoms with Crippen LogP contribution in [0.15, 0.2) is 12.7 Å². The molecule has 0 aliphatic carbocycles. The van der Waals surface area contributed by atoms with Gasteiger partial charge in [-0.3, -0.25) is 4.90 Å². The zero-order valence-electron chi connectivity index (χ0n) is 14.4. The van der Waals surface area contributed by atoms with E-state index in [-0.39, 0.29) is 0 Å². The van der Waals surface area contributed by atoms with Crippen molar-refractivity contribution < 1.29 is 29.2 Å². The van der Waals surface area contributed by atoms with Crippen molar-refractivity contribution in [3.8, 4) is 0 Å². The van der Waals surface area contributed by atoms with E-state index in [1.54, 1.807) is 40.7 Å². The molecule has 0 aromatic carbocycles. The van der Waals surface area contributed by atoms with Gasteiger partial charge < -0.3 is 24.4 Å². The Hall–Kier alpha value is -1.15. The predicted molar refractivity (Wildman–Crippen MR) is 82.8 cm³/mol. The lowest BCUT2D eigenvalue weighted by Crippen LogP contribution is -2.53. The van der Waals surface area contributed by atoms with Gasteiger partial charge in [-0.2, -0.15) is 0 Å². The van der Waals surface area contributed by atoms with Crippen LogP contribution < -0.4 is 0 Å². The second-order valence-electron chi connectivity index (χ2n) is 7.42. The van der Waals surface area contributed by atoms with E-state index in [1.165, 1.54) is 4.90 Å². The maximum atomic E-state index is 12.6. The summed E-state index contributed by atoms with van der Waals surface area (Å²) < 4.78 is 17.2. The van der Waals surface area contributed by atoms with Gasteiger partial charge in [0.05, 0.1) is 18.7 Å². The molecule has 0 spiro atoms. The molecule has 0 radical (unpaired) electrons. The second-order valence-corrected chi connectivity index (χ2v) is 7.42. The van der Waals surface area contributed by atoms with Gasteiger partial charge in [0.25, 0.3) is 0 Å². The van der Waals surface area contributed by atoms with Gasteiger partial charge in [-0.05, 0) is 34.6 Å². The number of carbonyl (C=O) groups excluding carboxylic acids is 1. The summed E-state index contributed by atoms with van der Waals surface area (Å²) in [5, 5.41) is 19.6. The van der Waals surface area contributed by atoms with E-state index in [1.807, 2.05) is 0 Å². The third kappa shape index (κ3) is 3.52. The lowest BCUT2D eigenvalue weighted by Gasteiger charge is -2.35. The molecule has 0 aromatic heterocycles. The minimum absolute atomic E-state index is 0.471. The molecule has 7 heteroatoms. The van der Waals surface area contributed by atoms with Crippen LogP contribution in [0.25, 0.3) is 0 Å². The molecule has 2 saturated heterocycles. The number of hydrogen-bond donors (Lipinski definition) is 2. The van der Waals surface area contributed by atoms with E-state index >= 15 is 0 Å². The van der Waals surface area contributed by atoms with E-state index in [9.17, 15) is 15.0 Å². The molecule has 132 valence electrons. The zero-order valence-corrected chi connectivity index (χ0v) is 14.4. The van der Waals surface area contributed by atoms with Crippen LogP contribution >= 0.6 is 0 Å². The van der Waals surface area contributed by atoms with Gasteiger partial charge in [0.2, 0.25) is 0 Å². The fourth-order valence-electron chi connectivity index (χ4n) is 3.18. The molecule has 23 heavy (non-hydrogen) atoms. The first kappa shape index (κ1) is 18.2. The highest BCUT2D eigenvalue weighted by Crippen LogP contribution is 2.42. The first-order valence-corrected chi connectivity index (χ1v) is 7.79. The van der Waals surface area contributed by atoms with Crippen LogP contribution in [0.2, 0.25) is 0 Å². The molecule has 2 rings (SSSR count). The Kier molecular flexibility index (Phi) is 4.79. The van der Waals surface area contributed by atoms with Crippen LogP contribution in [-0.4, -0.2) is 69.6 Å². The highest BCUT2D eigenvalue weighted by atomic mass is 16.8. The maximum Gasteiger partial charge on any atom is 0.411 e. The van der Waals surface area contributed by atoms with E-state index < -0.39 is 54.5 Å². The van der Waals surface area contributed by atoms with Crippen LogP contribution in [0.3, 0.4) is 0 Å². The molecule has 0 saturated carbocycles. The van der Waals surface area contributed by atoms with Crippen molar-refractivity contribution >= 4 is 6.09 Å². The van der Waals surface area contributed by atoms with Gasteiger partial charge >= 0.3 is 6.09 Å². The SMILES string of the molecule is C=C[C@@H]1[C@H]2OC(C)(C)O[C@H]2[C@H]([C@H](O)CO)N1C(=O)OC(C)(C)C. The van der Waals surface area contributed by atoms with E-state index in [0.717, 1.165) is 0 Å². The average molecular weight is 329 g/mol. The predicted octanol–water partition coefficient (Wildman–Crippen LogP) is 1.03. The number of ether oxygens (including phenoxy) is 3. The maximum absolute atomic E-state index is 12.6. The van der Waals surface area contributed by atoms with Gasteiger partial charge in [0.15, 0.2) is 5.79 Å². The molecule has 1 amide bonds. The van der Waals surface area contributed by atoms with Gasteiger partial charge in [-0.25, -0.2) is 4.79 Å². The Morgan fingerprint density at radius 1 is 1.39 bits per heavy atom. The summed E-state index contributed by atoms with van der Waals surface area (Å²) in [6.45, 7) is 12.1. The minimum Gasteiger partial charge on any atom is -0.444 e. The molecule has 2 fully saturated rings. The van der Waals surface area contributed by atoms with Crippen molar-refractivity contribution in [2.45, 2.75) is 76.4 Å². The summed E-state index contributed by atoms with van der Waals surface area (Å²) in [5.74, 6) is -0.829. The summed E-state index contributed by atoms with van der Waals surface area (Å²) in [4.78, 5) is 14.0. The molecule has 7 nitrogen and oxygen atoms in total. The van der Waals surface area contributed by atoms with Crippen LogP contribution in [0.4, 0.5) is 4.79 Å². The lowest BCUT2D eigenvalue weighted by molar-refractivity contribution is -0.171. The number of aliphatic hydroxyl groups is 2. The fourth-order valence-corrected chi connectivity index (χ4v) is 3.18. The molecular weight excluding hydrogens is 302 g/mol. The van der Waals surface area contributed by atoms with E-state index in [0.29, 0.717) is 0 Å². The molecule has 2 aliphatic rings. The van der Waals surface area contributed by atoms with Crippen LogP contribution in [0.1, 0.15) is 34.6 Å². The van der Waals surface area contributed by atoms with Gasteiger partial charge in [-0.1, -0.05) is 6.08 Å². The molecule has 0 unspecified atom stereocenters.